The standard InChI is InChI=1S/C16H15ClN2O/c17-13-6-8-14(9-7-13)18-16(20)19-11-10-15(19)12-4-2-1-3-5-12/h1-9,15H,10-11H2,(H,18,20). The predicted octanol–water partition coefficient (Wildman–Crippen LogP) is 4.32. The van der Waals surface area contributed by atoms with Gasteiger partial charge in [0.25, 0.3) is 0 Å². The third-order valence-electron chi connectivity index (χ3n) is 3.56. The lowest BCUT2D eigenvalue weighted by Crippen LogP contribution is -2.47. The van der Waals surface area contributed by atoms with Crippen LogP contribution < -0.4 is 5.32 Å². The molecule has 3 rings (SSSR count). The molecule has 0 saturated carbocycles. The molecule has 102 valence electrons. The van der Waals surface area contributed by atoms with Gasteiger partial charge in [0.2, 0.25) is 0 Å². The van der Waals surface area contributed by atoms with Gasteiger partial charge in [-0.15, -0.1) is 0 Å². The fraction of sp³-hybridized carbons (Fsp3) is 0.188. The molecular formula is C16H15ClN2O. The molecule has 1 fully saturated rings. The van der Waals surface area contributed by atoms with Gasteiger partial charge in [-0.3, -0.25) is 0 Å². The van der Waals surface area contributed by atoms with Gasteiger partial charge in [-0.2, -0.15) is 0 Å². The van der Waals surface area contributed by atoms with Crippen LogP contribution in [0.15, 0.2) is 54.6 Å². The number of nitrogens with one attached hydrogen (secondary N) is 1. The highest BCUT2D eigenvalue weighted by Crippen LogP contribution is 2.33. The maximum absolute atomic E-state index is 12.2. The van der Waals surface area contributed by atoms with E-state index in [9.17, 15) is 4.79 Å². The van der Waals surface area contributed by atoms with Crippen LogP contribution >= 0.6 is 11.6 Å². The number of nitrogens with zero attached hydrogens (tertiary/aromatic N) is 1. The quantitative estimate of drug-likeness (QED) is 0.876. The lowest BCUT2D eigenvalue weighted by atomic mass is 9.95. The number of urea groups is 1. The molecule has 0 radical (unpaired) electrons. The number of hydrogen-bond donors (Lipinski definition) is 1. The summed E-state index contributed by atoms with van der Waals surface area (Å²) in [7, 11) is 0. The van der Waals surface area contributed by atoms with Crippen molar-refractivity contribution in [3.05, 3.63) is 65.2 Å². The van der Waals surface area contributed by atoms with Crippen molar-refractivity contribution in [2.45, 2.75) is 12.5 Å². The highest BCUT2D eigenvalue weighted by Gasteiger charge is 2.33. The van der Waals surface area contributed by atoms with E-state index in [4.69, 9.17) is 11.6 Å². The maximum atomic E-state index is 12.2. The van der Waals surface area contributed by atoms with E-state index in [0.29, 0.717) is 5.02 Å². The van der Waals surface area contributed by atoms with Gasteiger partial charge in [0.15, 0.2) is 0 Å². The van der Waals surface area contributed by atoms with Crippen LogP contribution in [0.3, 0.4) is 0 Å². The molecule has 2 amide bonds. The van der Waals surface area contributed by atoms with Crippen molar-refractivity contribution in [2.24, 2.45) is 0 Å². The zero-order chi connectivity index (χ0) is 13.9. The molecule has 1 saturated heterocycles. The van der Waals surface area contributed by atoms with E-state index in [-0.39, 0.29) is 12.1 Å². The first-order valence-electron chi connectivity index (χ1n) is 6.62. The molecule has 0 bridgehead atoms. The van der Waals surface area contributed by atoms with Crippen LogP contribution in [0.25, 0.3) is 0 Å². The van der Waals surface area contributed by atoms with Crippen molar-refractivity contribution in [3.63, 3.8) is 0 Å². The van der Waals surface area contributed by atoms with Crippen LogP contribution in [0, 0.1) is 0 Å². The van der Waals surface area contributed by atoms with Crippen LogP contribution in [0.2, 0.25) is 5.02 Å². The zero-order valence-corrected chi connectivity index (χ0v) is 11.7. The van der Waals surface area contributed by atoms with Crippen LogP contribution in [0.4, 0.5) is 10.5 Å². The first-order valence-corrected chi connectivity index (χ1v) is 7.00. The van der Waals surface area contributed by atoms with E-state index < -0.39 is 0 Å². The van der Waals surface area contributed by atoms with Crippen molar-refractivity contribution in [1.29, 1.82) is 0 Å². The summed E-state index contributed by atoms with van der Waals surface area (Å²) in [4.78, 5) is 14.1. The molecule has 3 nitrogen and oxygen atoms in total. The van der Waals surface area contributed by atoms with Crippen molar-refractivity contribution in [1.82, 2.24) is 4.90 Å². The fourth-order valence-electron chi connectivity index (χ4n) is 2.38. The number of carbonyl (C=O) groups excluding carboxylic acids is 1. The Kier molecular flexibility index (Phi) is 3.61. The highest BCUT2D eigenvalue weighted by atomic mass is 35.5. The lowest BCUT2D eigenvalue weighted by molar-refractivity contribution is 0.126. The largest absolute Gasteiger partial charge is 0.322 e. The molecule has 4 heteroatoms. The van der Waals surface area contributed by atoms with E-state index in [1.807, 2.05) is 23.1 Å². The second-order valence-electron chi connectivity index (χ2n) is 4.85. The minimum Gasteiger partial charge on any atom is -0.317 e. The van der Waals surface area contributed by atoms with Crippen LogP contribution in [-0.2, 0) is 0 Å². The second-order valence-corrected chi connectivity index (χ2v) is 5.28. The molecule has 1 aliphatic rings. The molecule has 1 N–H and O–H groups in total. The Morgan fingerprint density at radius 3 is 2.40 bits per heavy atom. The lowest BCUT2D eigenvalue weighted by Gasteiger charge is -2.41. The van der Waals surface area contributed by atoms with E-state index in [2.05, 4.69) is 17.4 Å². The van der Waals surface area contributed by atoms with Gasteiger partial charge in [0.1, 0.15) is 0 Å². The summed E-state index contributed by atoms with van der Waals surface area (Å²) < 4.78 is 0. The summed E-state index contributed by atoms with van der Waals surface area (Å²) in [6.45, 7) is 0.791. The van der Waals surface area contributed by atoms with Crippen molar-refractivity contribution < 1.29 is 4.79 Å². The predicted molar refractivity (Wildman–Crippen MR) is 81.0 cm³/mol. The summed E-state index contributed by atoms with van der Waals surface area (Å²) in [5.41, 5.74) is 1.95. The molecule has 2 aromatic rings. The van der Waals surface area contributed by atoms with Crippen LogP contribution in [0.1, 0.15) is 18.0 Å². The van der Waals surface area contributed by atoms with Gasteiger partial charge in [0, 0.05) is 17.3 Å². The van der Waals surface area contributed by atoms with Gasteiger partial charge in [-0.25, -0.2) is 4.79 Å². The molecular weight excluding hydrogens is 272 g/mol. The SMILES string of the molecule is O=C(Nc1ccc(Cl)cc1)N1CCC1c1ccccc1. The molecule has 0 spiro atoms. The van der Waals surface area contributed by atoms with Crippen LogP contribution in [0.5, 0.6) is 0 Å². The monoisotopic (exact) mass is 286 g/mol. The smallest absolute Gasteiger partial charge is 0.317 e. The van der Waals surface area contributed by atoms with Gasteiger partial charge in [-0.05, 0) is 36.2 Å². The van der Waals surface area contributed by atoms with E-state index in [1.54, 1.807) is 24.3 Å². The van der Waals surface area contributed by atoms with E-state index in [0.717, 1.165) is 18.7 Å². The molecule has 0 aromatic heterocycles. The average molecular weight is 287 g/mol. The fourth-order valence-corrected chi connectivity index (χ4v) is 2.51. The molecule has 2 aromatic carbocycles. The summed E-state index contributed by atoms with van der Waals surface area (Å²) in [5, 5.41) is 3.56. The number of halogens is 1. The van der Waals surface area contributed by atoms with Crippen LogP contribution in [-0.4, -0.2) is 17.5 Å². The summed E-state index contributed by atoms with van der Waals surface area (Å²) in [6.07, 6.45) is 1.01. The van der Waals surface area contributed by atoms with E-state index >= 15 is 0 Å². The summed E-state index contributed by atoms with van der Waals surface area (Å²) in [6, 6.07) is 17.4. The molecule has 1 atom stereocenters. The summed E-state index contributed by atoms with van der Waals surface area (Å²) >= 11 is 5.83. The first kappa shape index (κ1) is 13.0. The van der Waals surface area contributed by atoms with Gasteiger partial charge < -0.3 is 10.2 Å². The number of amides is 2. The molecule has 1 heterocycles. The van der Waals surface area contributed by atoms with Gasteiger partial charge >= 0.3 is 6.03 Å². The Labute approximate surface area is 123 Å². The summed E-state index contributed by atoms with van der Waals surface area (Å²) in [5.74, 6) is 0. The molecule has 20 heavy (non-hydrogen) atoms. The molecule has 1 unspecified atom stereocenters. The minimum absolute atomic E-state index is 0.0626. The number of anilines is 1. The Morgan fingerprint density at radius 2 is 1.80 bits per heavy atom. The Hall–Kier alpha value is -2.00. The number of benzene rings is 2. The maximum Gasteiger partial charge on any atom is 0.322 e. The van der Waals surface area contributed by atoms with Crippen molar-refractivity contribution >= 4 is 23.3 Å². The van der Waals surface area contributed by atoms with Gasteiger partial charge in [-0.1, -0.05) is 41.9 Å². The first-order chi connectivity index (χ1) is 9.74. The van der Waals surface area contributed by atoms with Gasteiger partial charge in [0.05, 0.1) is 6.04 Å². The van der Waals surface area contributed by atoms with Crippen molar-refractivity contribution in [2.75, 3.05) is 11.9 Å². The molecule has 1 aliphatic heterocycles. The number of rotatable bonds is 2. The minimum atomic E-state index is -0.0626. The average Bonchev–Trinajstić information content (AvgIpc) is 2.41. The normalized spacial score (nSPS) is 17.4. The van der Waals surface area contributed by atoms with E-state index in [1.165, 1.54) is 5.56 Å². The second kappa shape index (κ2) is 5.55. The molecule has 0 aliphatic carbocycles. The number of carbonyl (C=O) groups is 1. The Bertz CT molecular complexity index is 598. The van der Waals surface area contributed by atoms with Crippen molar-refractivity contribution in [3.8, 4) is 0 Å². The number of hydrogen-bond acceptors (Lipinski definition) is 1. The third-order valence-corrected chi connectivity index (χ3v) is 3.81. The highest BCUT2D eigenvalue weighted by molar-refractivity contribution is 6.30. The Balaban J connectivity index is 1.67. The topological polar surface area (TPSA) is 32.3 Å². The Morgan fingerprint density at radius 1 is 1.10 bits per heavy atom. The third kappa shape index (κ3) is 2.63. The number of likely N-dealkylation sites (tertiary alicyclic amines) is 1. The zero-order valence-electron chi connectivity index (χ0n) is 10.9.